The van der Waals surface area contributed by atoms with Crippen LogP contribution in [-0.4, -0.2) is 35.5 Å². The third-order valence-electron chi connectivity index (χ3n) is 7.62. The standard InChI is InChI=1S/C20H32O4/c1-13-11-17-20(3)15(18(23)24-17)5-4-6-16(20)19(13,2)9-7-14(12-22)8-10-21/h5,13-14,16-17,21-22H,4,6-12H2,1-3H3. The predicted octanol–water partition coefficient (Wildman–Crippen LogP) is 3.07. The third-order valence-corrected chi connectivity index (χ3v) is 7.62. The number of aliphatic hydroxyl groups is 2. The molecule has 0 bridgehead atoms. The molecule has 6 unspecified atom stereocenters. The SMILES string of the molecule is CC1CC2OC(=O)C3=CCCC(C1(C)CCC(CO)CCO)C32C. The van der Waals surface area contributed by atoms with Gasteiger partial charge in [-0.3, -0.25) is 0 Å². The van der Waals surface area contributed by atoms with Gasteiger partial charge in [-0.1, -0.05) is 26.8 Å². The fraction of sp³-hybridized carbons (Fsp3) is 0.850. The second-order valence-corrected chi connectivity index (χ2v) is 8.67. The zero-order valence-corrected chi connectivity index (χ0v) is 15.3. The fourth-order valence-electron chi connectivity index (χ4n) is 5.80. The molecule has 1 heterocycles. The minimum atomic E-state index is -0.151. The van der Waals surface area contributed by atoms with Crippen molar-refractivity contribution in [2.45, 2.75) is 65.4 Å². The van der Waals surface area contributed by atoms with Crippen molar-refractivity contribution in [2.24, 2.45) is 28.6 Å². The monoisotopic (exact) mass is 336 g/mol. The topological polar surface area (TPSA) is 66.8 Å². The zero-order chi connectivity index (χ0) is 17.5. The van der Waals surface area contributed by atoms with E-state index in [4.69, 9.17) is 4.74 Å². The van der Waals surface area contributed by atoms with Gasteiger partial charge in [0.2, 0.25) is 0 Å². The first-order chi connectivity index (χ1) is 11.4. The zero-order valence-electron chi connectivity index (χ0n) is 15.3. The first-order valence-electron chi connectivity index (χ1n) is 9.51. The molecule has 4 heteroatoms. The molecule has 2 fully saturated rings. The van der Waals surface area contributed by atoms with Crippen LogP contribution >= 0.6 is 0 Å². The van der Waals surface area contributed by atoms with Gasteiger partial charge in [-0.25, -0.2) is 4.79 Å². The average Bonchev–Trinajstić information content (AvgIpc) is 2.80. The summed E-state index contributed by atoms with van der Waals surface area (Å²) in [5.41, 5.74) is 0.903. The molecule has 0 spiro atoms. The highest BCUT2D eigenvalue weighted by atomic mass is 16.6. The highest BCUT2D eigenvalue weighted by Crippen LogP contribution is 2.65. The molecule has 1 aliphatic heterocycles. The molecular weight excluding hydrogens is 304 g/mol. The van der Waals surface area contributed by atoms with Crippen molar-refractivity contribution < 1.29 is 19.7 Å². The van der Waals surface area contributed by atoms with Crippen molar-refractivity contribution in [2.75, 3.05) is 13.2 Å². The van der Waals surface area contributed by atoms with E-state index in [1.807, 2.05) is 0 Å². The Balaban J connectivity index is 1.86. The smallest absolute Gasteiger partial charge is 0.334 e. The van der Waals surface area contributed by atoms with Gasteiger partial charge in [-0.15, -0.1) is 0 Å². The van der Waals surface area contributed by atoms with Crippen LogP contribution in [0.4, 0.5) is 0 Å². The summed E-state index contributed by atoms with van der Waals surface area (Å²) in [6.07, 6.45) is 7.76. The summed E-state index contributed by atoms with van der Waals surface area (Å²) in [7, 11) is 0. The maximum Gasteiger partial charge on any atom is 0.334 e. The number of rotatable bonds is 6. The van der Waals surface area contributed by atoms with Crippen LogP contribution in [0, 0.1) is 28.6 Å². The van der Waals surface area contributed by atoms with Gasteiger partial charge in [-0.05, 0) is 61.7 Å². The molecule has 136 valence electrons. The van der Waals surface area contributed by atoms with Gasteiger partial charge in [0.05, 0.1) is 0 Å². The molecule has 0 amide bonds. The highest BCUT2D eigenvalue weighted by Gasteiger charge is 2.64. The van der Waals surface area contributed by atoms with Crippen molar-refractivity contribution in [3.8, 4) is 0 Å². The molecule has 3 aliphatic rings. The van der Waals surface area contributed by atoms with E-state index in [0.29, 0.717) is 18.3 Å². The van der Waals surface area contributed by atoms with E-state index < -0.39 is 0 Å². The van der Waals surface area contributed by atoms with Crippen LogP contribution < -0.4 is 0 Å². The first-order valence-corrected chi connectivity index (χ1v) is 9.51. The molecule has 1 saturated carbocycles. The lowest BCUT2D eigenvalue weighted by Crippen LogP contribution is -2.54. The lowest BCUT2D eigenvalue weighted by molar-refractivity contribution is -0.148. The van der Waals surface area contributed by atoms with Crippen molar-refractivity contribution in [1.29, 1.82) is 0 Å². The van der Waals surface area contributed by atoms with E-state index in [1.165, 1.54) is 0 Å². The van der Waals surface area contributed by atoms with Crippen molar-refractivity contribution >= 4 is 5.97 Å². The van der Waals surface area contributed by atoms with Gasteiger partial charge in [0, 0.05) is 24.2 Å². The number of esters is 1. The lowest BCUT2D eigenvalue weighted by atomic mass is 9.46. The van der Waals surface area contributed by atoms with Gasteiger partial charge in [0.15, 0.2) is 0 Å². The molecule has 6 atom stereocenters. The van der Waals surface area contributed by atoms with Crippen LogP contribution in [0.3, 0.4) is 0 Å². The average molecular weight is 336 g/mol. The Labute approximate surface area is 145 Å². The van der Waals surface area contributed by atoms with Crippen LogP contribution in [0.1, 0.15) is 59.3 Å². The van der Waals surface area contributed by atoms with Gasteiger partial charge in [0.25, 0.3) is 0 Å². The summed E-state index contributed by atoms with van der Waals surface area (Å²) in [5, 5.41) is 18.7. The number of allylic oxidation sites excluding steroid dienone is 1. The maximum atomic E-state index is 12.3. The minimum absolute atomic E-state index is 0.0238. The van der Waals surface area contributed by atoms with Crippen LogP contribution in [0.25, 0.3) is 0 Å². The third kappa shape index (κ3) is 2.53. The Morgan fingerprint density at radius 1 is 1.33 bits per heavy atom. The van der Waals surface area contributed by atoms with E-state index in [1.54, 1.807) is 0 Å². The molecule has 3 rings (SSSR count). The van der Waals surface area contributed by atoms with Crippen LogP contribution in [0.5, 0.6) is 0 Å². The van der Waals surface area contributed by atoms with E-state index in [-0.39, 0.29) is 42.0 Å². The van der Waals surface area contributed by atoms with Crippen LogP contribution in [0.15, 0.2) is 11.6 Å². The maximum absolute atomic E-state index is 12.3. The molecule has 4 nitrogen and oxygen atoms in total. The molecule has 1 saturated heterocycles. The van der Waals surface area contributed by atoms with Gasteiger partial charge >= 0.3 is 5.97 Å². The van der Waals surface area contributed by atoms with E-state index in [9.17, 15) is 15.0 Å². The molecule has 2 aliphatic carbocycles. The van der Waals surface area contributed by atoms with Gasteiger partial charge < -0.3 is 14.9 Å². The number of hydrogen-bond acceptors (Lipinski definition) is 4. The quantitative estimate of drug-likeness (QED) is 0.732. The summed E-state index contributed by atoms with van der Waals surface area (Å²) in [6, 6.07) is 0. The lowest BCUT2D eigenvalue weighted by Gasteiger charge is -2.57. The Kier molecular flexibility index (Phi) is 4.82. The Morgan fingerprint density at radius 3 is 2.75 bits per heavy atom. The Morgan fingerprint density at radius 2 is 2.08 bits per heavy atom. The Hall–Kier alpha value is -0.870. The fourth-order valence-corrected chi connectivity index (χ4v) is 5.80. The van der Waals surface area contributed by atoms with Gasteiger partial charge in [-0.2, -0.15) is 0 Å². The second kappa shape index (κ2) is 6.45. The van der Waals surface area contributed by atoms with Crippen molar-refractivity contribution in [1.82, 2.24) is 0 Å². The van der Waals surface area contributed by atoms with Gasteiger partial charge in [0.1, 0.15) is 6.10 Å². The van der Waals surface area contributed by atoms with E-state index >= 15 is 0 Å². The first kappa shape index (κ1) is 17.9. The second-order valence-electron chi connectivity index (χ2n) is 8.67. The number of ether oxygens (including phenoxy) is 1. The summed E-state index contributed by atoms with van der Waals surface area (Å²) < 4.78 is 5.75. The number of aliphatic hydroxyl groups excluding tert-OH is 2. The molecule has 0 aromatic heterocycles. The number of carbonyl (C=O) groups excluding carboxylic acids is 1. The van der Waals surface area contributed by atoms with E-state index in [2.05, 4.69) is 26.8 Å². The van der Waals surface area contributed by atoms with Crippen LogP contribution in [-0.2, 0) is 9.53 Å². The van der Waals surface area contributed by atoms with Crippen molar-refractivity contribution in [3.05, 3.63) is 11.6 Å². The summed E-state index contributed by atoms with van der Waals surface area (Å²) in [6.45, 7) is 7.19. The molecule has 0 aromatic carbocycles. The molecule has 2 N–H and O–H groups in total. The number of carbonyl (C=O) groups is 1. The van der Waals surface area contributed by atoms with Crippen LogP contribution in [0.2, 0.25) is 0 Å². The Bertz CT molecular complexity index is 528. The summed E-state index contributed by atoms with van der Waals surface area (Å²) >= 11 is 0. The largest absolute Gasteiger partial charge is 0.458 e. The molecule has 0 radical (unpaired) electrons. The van der Waals surface area contributed by atoms with E-state index in [0.717, 1.165) is 37.7 Å². The highest BCUT2D eigenvalue weighted by molar-refractivity contribution is 5.93. The minimum Gasteiger partial charge on any atom is -0.458 e. The molecule has 24 heavy (non-hydrogen) atoms. The summed E-state index contributed by atoms with van der Waals surface area (Å²) in [5.74, 6) is 1.000. The summed E-state index contributed by atoms with van der Waals surface area (Å²) in [4.78, 5) is 12.3. The normalized spacial score (nSPS) is 42.3. The van der Waals surface area contributed by atoms with Crippen molar-refractivity contribution in [3.63, 3.8) is 0 Å². The number of hydrogen-bond donors (Lipinski definition) is 2. The molecule has 0 aromatic rings. The molecular formula is C20H32O4. The predicted molar refractivity (Wildman–Crippen MR) is 92.2 cm³/mol.